The first-order valence-electron chi connectivity index (χ1n) is 6.31. The first-order chi connectivity index (χ1) is 10.5. The standard InChI is InChI=1S/C13H15Cl3NO4P/c14-7-6-11(12(18)19)17(9-22(15)16)13(20)21-8-10-4-2-1-3-5-10/h1-5,11H,6-9H2,(H,18,19). The van der Waals surface area contributed by atoms with E-state index >= 15 is 0 Å². The van der Waals surface area contributed by atoms with Gasteiger partial charge in [0.2, 0.25) is 0 Å². The average molecular weight is 387 g/mol. The van der Waals surface area contributed by atoms with Gasteiger partial charge in [-0.15, -0.1) is 11.6 Å². The number of aliphatic carboxylic acids is 1. The molecule has 1 aromatic rings. The van der Waals surface area contributed by atoms with Crippen LogP contribution < -0.4 is 0 Å². The fraction of sp³-hybridized carbons (Fsp3) is 0.385. The van der Waals surface area contributed by atoms with E-state index in [4.69, 9.17) is 38.8 Å². The number of halogens is 3. The molecule has 0 saturated heterocycles. The molecule has 0 heterocycles. The quantitative estimate of drug-likeness (QED) is 0.529. The van der Waals surface area contributed by atoms with Gasteiger partial charge in [-0.25, -0.2) is 9.59 Å². The molecule has 22 heavy (non-hydrogen) atoms. The van der Waals surface area contributed by atoms with Gasteiger partial charge in [-0.05, 0) is 12.0 Å². The molecule has 0 fully saturated rings. The Labute approximate surface area is 144 Å². The number of nitrogens with zero attached hydrogens (tertiary/aromatic N) is 1. The Kier molecular flexibility index (Phi) is 8.88. The summed E-state index contributed by atoms with van der Waals surface area (Å²) in [6.45, 7) is -1.51. The van der Waals surface area contributed by atoms with Crippen molar-refractivity contribution in [3.05, 3.63) is 35.9 Å². The molecule has 9 heteroatoms. The molecule has 0 bridgehead atoms. The molecule has 1 amide bonds. The van der Waals surface area contributed by atoms with E-state index in [-0.39, 0.29) is 25.2 Å². The molecular formula is C13H15Cl3NO4P. The molecule has 0 spiro atoms. The van der Waals surface area contributed by atoms with Gasteiger partial charge >= 0.3 is 12.1 Å². The molecule has 122 valence electrons. The number of rotatable bonds is 8. The number of alkyl halides is 1. The molecule has 1 N–H and O–H groups in total. The lowest BCUT2D eigenvalue weighted by Gasteiger charge is -2.28. The maximum atomic E-state index is 12.2. The van der Waals surface area contributed by atoms with Crippen LogP contribution in [0.25, 0.3) is 0 Å². The number of carboxylic acid groups (broad SMARTS) is 1. The van der Waals surface area contributed by atoms with E-state index < -0.39 is 24.7 Å². The van der Waals surface area contributed by atoms with Crippen molar-refractivity contribution in [2.24, 2.45) is 0 Å². The molecule has 1 atom stereocenters. The molecular weight excluding hydrogens is 371 g/mol. The average Bonchev–Trinajstić information content (AvgIpc) is 2.49. The van der Waals surface area contributed by atoms with Crippen LogP contribution in [0.15, 0.2) is 30.3 Å². The van der Waals surface area contributed by atoms with Crippen molar-refractivity contribution in [2.45, 2.75) is 19.1 Å². The van der Waals surface area contributed by atoms with Gasteiger partial charge in [-0.2, -0.15) is 0 Å². The molecule has 1 aromatic carbocycles. The predicted octanol–water partition coefficient (Wildman–Crippen LogP) is 4.45. The third-order valence-corrected chi connectivity index (χ3v) is 4.12. The minimum absolute atomic E-state index is 0.0336. The number of benzene rings is 1. The number of carbonyl (C=O) groups excluding carboxylic acids is 1. The Hall–Kier alpha value is -0.740. The summed E-state index contributed by atoms with van der Waals surface area (Å²) in [7, 11) is 0. The van der Waals surface area contributed by atoms with Crippen molar-refractivity contribution in [1.82, 2.24) is 4.90 Å². The van der Waals surface area contributed by atoms with Gasteiger partial charge in [0.1, 0.15) is 19.3 Å². The van der Waals surface area contributed by atoms with Crippen molar-refractivity contribution in [2.75, 3.05) is 12.2 Å². The number of hydrogen-bond acceptors (Lipinski definition) is 3. The van der Waals surface area contributed by atoms with E-state index in [0.717, 1.165) is 10.5 Å². The molecule has 0 aliphatic carbocycles. The summed E-state index contributed by atoms with van der Waals surface area (Å²) in [5.74, 6) is -1.09. The van der Waals surface area contributed by atoms with Crippen LogP contribution in [-0.2, 0) is 16.1 Å². The largest absolute Gasteiger partial charge is 0.480 e. The maximum Gasteiger partial charge on any atom is 0.411 e. The minimum Gasteiger partial charge on any atom is -0.480 e. The number of amides is 1. The van der Waals surface area contributed by atoms with Crippen molar-refractivity contribution >= 4 is 52.8 Å². The summed E-state index contributed by atoms with van der Waals surface area (Å²) >= 11 is 17.1. The van der Waals surface area contributed by atoms with Gasteiger partial charge in [-0.1, -0.05) is 52.8 Å². The Morgan fingerprint density at radius 2 is 1.91 bits per heavy atom. The van der Waals surface area contributed by atoms with Crippen LogP contribution >= 0.6 is 40.7 Å². The second-order valence-electron chi connectivity index (χ2n) is 4.29. The first kappa shape index (κ1) is 19.3. The summed E-state index contributed by atoms with van der Waals surface area (Å²) in [5, 5.41) is 9.23. The third-order valence-electron chi connectivity index (χ3n) is 2.74. The highest BCUT2D eigenvalue weighted by Crippen LogP contribution is 2.47. The lowest BCUT2D eigenvalue weighted by Crippen LogP contribution is -2.45. The summed E-state index contributed by atoms with van der Waals surface area (Å²) in [6.07, 6.45) is -0.802. The highest BCUT2D eigenvalue weighted by molar-refractivity contribution is 8.03. The van der Waals surface area contributed by atoms with E-state index in [1.54, 1.807) is 12.1 Å². The summed E-state index contributed by atoms with van der Waals surface area (Å²) in [5.41, 5.74) is 0.791. The molecule has 5 nitrogen and oxygen atoms in total. The molecule has 1 unspecified atom stereocenters. The van der Waals surface area contributed by atoms with Gasteiger partial charge in [0.05, 0.1) is 6.29 Å². The van der Waals surface area contributed by atoms with Crippen LogP contribution in [-0.4, -0.2) is 40.3 Å². The fourth-order valence-corrected chi connectivity index (χ4v) is 3.16. The molecule has 0 aromatic heterocycles. The van der Waals surface area contributed by atoms with Crippen LogP contribution in [0.2, 0.25) is 0 Å². The molecule has 0 saturated carbocycles. The third kappa shape index (κ3) is 6.57. The van der Waals surface area contributed by atoms with E-state index in [0.29, 0.717) is 0 Å². The molecule has 0 aliphatic rings. The monoisotopic (exact) mass is 385 g/mol. The SMILES string of the molecule is O=C(O)C(CCCl)N(CP(Cl)Cl)C(=O)OCc1ccccc1. The van der Waals surface area contributed by atoms with E-state index in [2.05, 4.69) is 0 Å². The minimum atomic E-state index is -1.54. The van der Waals surface area contributed by atoms with Crippen molar-refractivity contribution in [1.29, 1.82) is 0 Å². The Bertz CT molecular complexity index is 489. The molecule has 0 aliphatic heterocycles. The molecule has 0 radical (unpaired) electrons. The zero-order chi connectivity index (χ0) is 16.5. The number of carbonyl (C=O) groups is 2. The van der Waals surface area contributed by atoms with Crippen LogP contribution in [0.5, 0.6) is 0 Å². The van der Waals surface area contributed by atoms with E-state index in [9.17, 15) is 14.7 Å². The van der Waals surface area contributed by atoms with E-state index in [1.807, 2.05) is 18.2 Å². The van der Waals surface area contributed by atoms with E-state index in [1.165, 1.54) is 0 Å². The maximum absolute atomic E-state index is 12.2. The van der Waals surface area contributed by atoms with Gasteiger partial charge < -0.3 is 9.84 Å². The Morgan fingerprint density at radius 3 is 2.41 bits per heavy atom. The number of carboxylic acids is 1. The number of ether oxygens (including phenoxy) is 1. The normalized spacial score (nSPS) is 12.0. The lowest BCUT2D eigenvalue weighted by molar-refractivity contribution is -0.142. The lowest BCUT2D eigenvalue weighted by atomic mass is 10.2. The zero-order valence-electron chi connectivity index (χ0n) is 11.5. The topological polar surface area (TPSA) is 66.8 Å². The smallest absolute Gasteiger partial charge is 0.411 e. The molecule has 1 rings (SSSR count). The second-order valence-corrected chi connectivity index (χ2v) is 8.52. The highest BCUT2D eigenvalue weighted by Gasteiger charge is 2.31. The van der Waals surface area contributed by atoms with Gasteiger partial charge in [0.25, 0.3) is 0 Å². The van der Waals surface area contributed by atoms with Crippen LogP contribution in [0.3, 0.4) is 0 Å². The first-order valence-corrected chi connectivity index (χ1v) is 10.2. The van der Waals surface area contributed by atoms with Crippen molar-refractivity contribution in [3.63, 3.8) is 0 Å². The Balaban J connectivity index is 2.76. The highest BCUT2D eigenvalue weighted by atomic mass is 35.9. The van der Waals surface area contributed by atoms with Gasteiger partial charge in [-0.3, -0.25) is 4.90 Å². The second kappa shape index (κ2) is 10.1. The predicted molar refractivity (Wildman–Crippen MR) is 88.7 cm³/mol. The van der Waals surface area contributed by atoms with Crippen molar-refractivity contribution in [3.8, 4) is 0 Å². The van der Waals surface area contributed by atoms with Gasteiger partial charge in [0, 0.05) is 5.88 Å². The van der Waals surface area contributed by atoms with Crippen LogP contribution in [0.1, 0.15) is 12.0 Å². The van der Waals surface area contributed by atoms with Crippen molar-refractivity contribution < 1.29 is 19.4 Å². The van der Waals surface area contributed by atoms with Crippen LogP contribution in [0, 0.1) is 0 Å². The summed E-state index contributed by atoms with van der Waals surface area (Å²) < 4.78 is 5.14. The number of hydrogen-bond donors (Lipinski definition) is 1. The fourth-order valence-electron chi connectivity index (χ4n) is 1.72. The van der Waals surface area contributed by atoms with Crippen LogP contribution in [0.4, 0.5) is 4.79 Å². The van der Waals surface area contributed by atoms with Gasteiger partial charge in [0.15, 0.2) is 0 Å². The summed E-state index contributed by atoms with van der Waals surface area (Å²) in [6, 6.07) is 7.93. The Morgan fingerprint density at radius 1 is 1.27 bits per heavy atom. The zero-order valence-corrected chi connectivity index (χ0v) is 14.7. The summed E-state index contributed by atoms with van der Waals surface area (Å²) in [4.78, 5) is 24.5.